The third-order valence-electron chi connectivity index (χ3n) is 4.08. The minimum Gasteiger partial charge on any atom is -0.293 e. The summed E-state index contributed by atoms with van der Waals surface area (Å²) in [5.41, 5.74) is 5.83. The van der Waals surface area contributed by atoms with Crippen molar-refractivity contribution in [2.75, 3.05) is 0 Å². The molecule has 23 heavy (non-hydrogen) atoms. The second-order valence-electron chi connectivity index (χ2n) is 5.47. The Kier molecular flexibility index (Phi) is 2.46. The van der Waals surface area contributed by atoms with Crippen LogP contribution in [-0.2, 0) is 0 Å². The maximum absolute atomic E-state index is 4.73. The van der Waals surface area contributed by atoms with Crippen molar-refractivity contribution in [2.45, 2.75) is 0 Å². The molecule has 0 aliphatic carbocycles. The van der Waals surface area contributed by atoms with Gasteiger partial charge in [-0.05, 0) is 23.2 Å². The van der Waals surface area contributed by atoms with Crippen molar-refractivity contribution in [1.29, 1.82) is 0 Å². The van der Waals surface area contributed by atoms with Crippen LogP contribution in [0.5, 0.6) is 0 Å². The Morgan fingerprint density at radius 1 is 0.783 bits per heavy atom. The van der Waals surface area contributed by atoms with Crippen LogP contribution < -0.4 is 4.40 Å². The lowest BCUT2D eigenvalue weighted by Crippen LogP contribution is -2.26. The van der Waals surface area contributed by atoms with Crippen LogP contribution >= 0.6 is 0 Å². The van der Waals surface area contributed by atoms with Crippen molar-refractivity contribution in [3.05, 3.63) is 79.1 Å². The van der Waals surface area contributed by atoms with Crippen LogP contribution in [0.3, 0.4) is 0 Å². The molecule has 0 saturated carbocycles. The molecule has 0 aliphatic heterocycles. The highest BCUT2D eigenvalue weighted by molar-refractivity contribution is 5.89. The Morgan fingerprint density at radius 3 is 2.52 bits per heavy atom. The van der Waals surface area contributed by atoms with Gasteiger partial charge in [-0.25, -0.2) is 0 Å². The predicted molar refractivity (Wildman–Crippen MR) is 89.1 cm³/mol. The zero-order chi connectivity index (χ0) is 15.2. The molecule has 0 bridgehead atoms. The van der Waals surface area contributed by atoms with Crippen LogP contribution in [0.25, 0.3) is 33.7 Å². The van der Waals surface area contributed by atoms with E-state index in [-0.39, 0.29) is 0 Å². The summed E-state index contributed by atoms with van der Waals surface area (Å²) >= 11 is 0. The van der Waals surface area contributed by atoms with E-state index in [2.05, 4.69) is 38.1 Å². The molecule has 0 aliphatic rings. The van der Waals surface area contributed by atoms with E-state index in [4.69, 9.17) is 4.98 Å². The van der Waals surface area contributed by atoms with Gasteiger partial charge < -0.3 is 0 Å². The first-order chi connectivity index (χ1) is 11.4. The van der Waals surface area contributed by atoms with Crippen LogP contribution in [0.4, 0.5) is 0 Å². The quantitative estimate of drug-likeness (QED) is 0.445. The molecule has 4 aromatic heterocycles. The number of benzene rings is 1. The molecule has 5 aromatic rings. The van der Waals surface area contributed by atoms with Gasteiger partial charge in [0.25, 0.3) is 5.65 Å². The lowest BCUT2D eigenvalue weighted by Gasteiger charge is -2.04. The second-order valence-corrected chi connectivity index (χ2v) is 5.47. The molecule has 0 radical (unpaired) electrons. The number of hydrogen-bond acceptors (Lipinski definition) is 2. The van der Waals surface area contributed by atoms with Crippen LogP contribution in [0.1, 0.15) is 0 Å². The lowest BCUT2D eigenvalue weighted by molar-refractivity contribution is -0.500. The minimum absolute atomic E-state index is 0.765. The Hall–Kier alpha value is -3.27. The Labute approximate surface area is 132 Å². The third-order valence-corrected chi connectivity index (χ3v) is 4.08. The summed E-state index contributed by atoms with van der Waals surface area (Å²) < 4.78 is 4.23. The lowest BCUT2D eigenvalue weighted by atomic mass is 10.1. The average molecular weight is 297 g/mol. The molecule has 0 saturated heterocycles. The molecule has 4 heteroatoms. The highest BCUT2D eigenvalue weighted by atomic mass is 15.1. The van der Waals surface area contributed by atoms with Crippen LogP contribution in [-0.4, -0.2) is 14.4 Å². The van der Waals surface area contributed by atoms with Crippen molar-refractivity contribution in [2.24, 2.45) is 0 Å². The van der Waals surface area contributed by atoms with Gasteiger partial charge in [0, 0.05) is 17.8 Å². The SMILES string of the molecule is c1ccc(-c2c3c(nc4ccccn43)nc3cccc[n+]23)cc1. The number of imidazole rings is 1. The van der Waals surface area contributed by atoms with Gasteiger partial charge in [-0.3, -0.25) is 4.40 Å². The van der Waals surface area contributed by atoms with Crippen molar-refractivity contribution < 1.29 is 4.40 Å². The van der Waals surface area contributed by atoms with Gasteiger partial charge in [0.2, 0.25) is 0 Å². The van der Waals surface area contributed by atoms with Crippen molar-refractivity contribution in [3.8, 4) is 11.3 Å². The largest absolute Gasteiger partial charge is 0.330 e. The third kappa shape index (κ3) is 1.75. The summed E-state index contributed by atoms with van der Waals surface area (Å²) in [7, 11) is 0. The summed E-state index contributed by atoms with van der Waals surface area (Å²) in [6.45, 7) is 0. The highest BCUT2D eigenvalue weighted by Crippen LogP contribution is 2.25. The Balaban J connectivity index is 2.08. The molecule has 1 aromatic carbocycles. The van der Waals surface area contributed by atoms with E-state index < -0.39 is 0 Å². The molecule has 108 valence electrons. The normalized spacial score (nSPS) is 11.5. The van der Waals surface area contributed by atoms with Crippen LogP contribution in [0, 0.1) is 0 Å². The van der Waals surface area contributed by atoms with Gasteiger partial charge in [0.05, 0.1) is 6.20 Å². The van der Waals surface area contributed by atoms with E-state index in [0.717, 1.165) is 33.7 Å². The van der Waals surface area contributed by atoms with Gasteiger partial charge in [-0.1, -0.05) is 42.5 Å². The predicted octanol–water partition coefficient (Wildman–Crippen LogP) is 3.29. The fourth-order valence-electron chi connectivity index (χ4n) is 3.09. The van der Waals surface area contributed by atoms with E-state index in [1.165, 1.54) is 0 Å². The number of nitrogens with zero attached hydrogens (tertiary/aromatic N) is 4. The monoisotopic (exact) mass is 297 g/mol. The molecule has 0 N–H and O–H groups in total. The summed E-state index contributed by atoms with van der Waals surface area (Å²) in [5.74, 6) is 0. The number of rotatable bonds is 1. The summed E-state index contributed by atoms with van der Waals surface area (Å²) in [5, 5.41) is 0. The summed E-state index contributed by atoms with van der Waals surface area (Å²) in [6, 6.07) is 22.4. The fourth-order valence-corrected chi connectivity index (χ4v) is 3.09. The maximum Gasteiger partial charge on any atom is 0.330 e. The number of fused-ring (bicyclic) bond motifs is 4. The highest BCUT2D eigenvalue weighted by Gasteiger charge is 2.22. The van der Waals surface area contributed by atoms with Crippen LogP contribution in [0.15, 0.2) is 79.1 Å². The Bertz CT molecular complexity index is 1160. The van der Waals surface area contributed by atoms with Gasteiger partial charge >= 0.3 is 5.65 Å². The molecule has 0 spiro atoms. The molecule has 5 rings (SSSR count). The zero-order valence-corrected chi connectivity index (χ0v) is 12.3. The fraction of sp³-hybridized carbons (Fsp3) is 0. The van der Waals surface area contributed by atoms with Gasteiger partial charge in [-0.2, -0.15) is 9.38 Å². The molecule has 0 amide bonds. The standard InChI is InChI=1S/C19H13N4/c1-2-8-14(9-3-1)17-18-19(20-15-10-4-6-12-22(15)17)21-16-11-5-7-13-23(16)18/h1-13H/q+1. The van der Waals surface area contributed by atoms with E-state index >= 15 is 0 Å². The molecular weight excluding hydrogens is 284 g/mol. The topological polar surface area (TPSA) is 34.3 Å². The number of aromatic nitrogens is 4. The van der Waals surface area contributed by atoms with Gasteiger partial charge in [0.1, 0.15) is 5.65 Å². The maximum atomic E-state index is 4.73. The molecule has 0 fully saturated rings. The minimum atomic E-state index is 0.765. The van der Waals surface area contributed by atoms with Crippen molar-refractivity contribution in [1.82, 2.24) is 14.4 Å². The Morgan fingerprint density at radius 2 is 1.61 bits per heavy atom. The van der Waals surface area contributed by atoms with E-state index in [1.54, 1.807) is 0 Å². The summed E-state index contributed by atoms with van der Waals surface area (Å²) in [6.07, 6.45) is 4.08. The first-order valence-electron chi connectivity index (χ1n) is 7.54. The molecule has 4 heterocycles. The van der Waals surface area contributed by atoms with Crippen molar-refractivity contribution >= 4 is 22.5 Å². The van der Waals surface area contributed by atoms with Crippen LogP contribution in [0.2, 0.25) is 0 Å². The molecule has 4 nitrogen and oxygen atoms in total. The van der Waals surface area contributed by atoms with E-state index in [0.29, 0.717) is 0 Å². The van der Waals surface area contributed by atoms with E-state index in [9.17, 15) is 0 Å². The molecular formula is C19H13N4+. The smallest absolute Gasteiger partial charge is 0.293 e. The number of hydrogen-bond donors (Lipinski definition) is 0. The molecule has 0 unspecified atom stereocenters. The summed E-state index contributed by atoms with van der Waals surface area (Å²) in [4.78, 5) is 9.42. The number of pyridine rings is 2. The van der Waals surface area contributed by atoms with E-state index in [1.807, 2.05) is 54.9 Å². The van der Waals surface area contributed by atoms with Gasteiger partial charge in [0.15, 0.2) is 11.2 Å². The zero-order valence-electron chi connectivity index (χ0n) is 12.3. The molecule has 0 atom stereocenters. The first-order valence-corrected chi connectivity index (χ1v) is 7.54. The second kappa shape index (κ2) is 4.61. The van der Waals surface area contributed by atoms with Gasteiger partial charge in [-0.15, -0.1) is 0 Å². The first kappa shape index (κ1) is 12.3. The van der Waals surface area contributed by atoms with Crippen molar-refractivity contribution in [3.63, 3.8) is 0 Å². The average Bonchev–Trinajstić information content (AvgIpc) is 2.98.